The van der Waals surface area contributed by atoms with E-state index in [0.29, 0.717) is 17.6 Å². The molecule has 0 N–H and O–H groups in total. The predicted molar refractivity (Wildman–Crippen MR) is 68.4 cm³/mol. The molecular formula is C15H24O. The summed E-state index contributed by atoms with van der Waals surface area (Å²) in [5.41, 5.74) is 3.32. The zero-order valence-corrected chi connectivity index (χ0v) is 11.0. The van der Waals surface area contributed by atoms with Crippen molar-refractivity contribution in [2.24, 2.45) is 5.41 Å². The van der Waals surface area contributed by atoms with Gasteiger partial charge in [0.15, 0.2) is 0 Å². The Hall–Kier alpha value is -0.560. The smallest absolute Gasteiger partial charge is 0.0898 e. The maximum Gasteiger partial charge on any atom is 0.0898 e. The minimum absolute atomic E-state index is 0.302. The Labute approximate surface area is 99.6 Å². The van der Waals surface area contributed by atoms with Gasteiger partial charge in [-0.25, -0.2) is 0 Å². The summed E-state index contributed by atoms with van der Waals surface area (Å²) in [5, 5.41) is 0. The lowest BCUT2D eigenvalue weighted by atomic mass is 9.82. The summed E-state index contributed by atoms with van der Waals surface area (Å²) in [7, 11) is 0. The predicted octanol–water partition coefficient (Wildman–Crippen LogP) is 4.25. The first-order valence-corrected chi connectivity index (χ1v) is 6.46. The fourth-order valence-electron chi connectivity index (χ4n) is 2.59. The summed E-state index contributed by atoms with van der Waals surface area (Å²) in [6.07, 6.45) is 10.4. The molecule has 2 rings (SSSR count). The molecule has 0 unspecified atom stereocenters. The molecule has 1 heteroatoms. The van der Waals surface area contributed by atoms with E-state index in [9.17, 15) is 0 Å². The number of fused-ring (bicyclic) bond motifs is 1. The standard InChI is InChI=1S/C15H24O/c1-11-6-5-7-12(2)10-13-14(16-13)15(3,4)9-8-11/h7-8,13-14H,5-6,9-10H2,1-4H3/b11-8+,12-7+/t13-,14-/m1/s1. The molecule has 0 aromatic rings. The van der Waals surface area contributed by atoms with Gasteiger partial charge in [-0.05, 0) is 44.9 Å². The lowest BCUT2D eigenvalue weighted by Crippen LogP contribution is -2.20. The van der Waals surface area contributed by atoms with Crippen molar-refractivity contribution in [2.45, 2.75) is 65.6 Å². The molecule has 0 aromatic heterocycles. The van der Waals surface area contributed by atoms with Crippen molar-refractivity contribution in [3.8, 4) is 0 Å². The van der Waals surface area contributed by atoms with Gasteiger partial charge < -0.3 is 4.74 Å². The Kier molecular flexibility index (Phi) is 3.25. The van der Waals surface area contributed by atoms with E-state index in [1.165, 1.54) is 24.0 Å². The molecule has 2 atom stereocenters. The number of allylic oxidation sites excluding steroid dienone is 3. The SMILES string of the molecule is C/C1=C\CC(C)(C)[C@@H]2O[C@@H]2C/C(C)=C/CC1. The van der Waals surface area contributed by atoms with E-state index in [0.717, 1.165) is 12.8 Å². The number of ether oxygens (including phenoxy) is 1. The van der Waals surface area contributed by atoms with Crippen molar-refractivity contribution in [1.29, 1.82) is 0 Å². The highest BCUT2D eigenvalue weighted by Crippen LogP contribution is 2.44. The van der Waals surface area contributed by atoms with Crippen molar-refractivity contribution in [3.05, 3.63) is 23.3 Å². The quantitative estimate of drug-likeness (QED) is 0.439. The van der Waals surface area contributed by atoms with Crippen LogP contribution in [0.1, 0.15) is 53.4 Å². The van der Waals surface area contributed by atoms with Crippen LogP contribution in [0.25, 0.3) is 0 Å². The second-order valence-electron chi connectivity index (χ2n) is 6.13. The van der Waals surface area contributed by atoms with Crippen LogP contribution in [0, 0.1) is 5.41 Å². The maximum absolute atomic E-state index is 5.84. The molecule has 1 nitrogen and oxygen atoms in total. The first-order valence-electron chi connectivity index (χ1n) is 6.46. The first-order chi connectivity index (χ1) is 7.49. The van der Waals surface area contributed by atoms with Crippen LogP contribution in [-0.4, -0.2) is 12.2 Å². The highest BCUT2D eigenvalue weighted by atomic mass is 16.6. The van der Waals surface area contributed by atoms with Crippen molar-refractivity contribution >= 4 is 0 Å². The van der Waals surface area contributed by atoms with Crippen molar-refractivity contribution < 1.29 is 4.74 Å². The van der Waals surface area contributed by atoms with E-state index in [2.05, 4.69) is 39.8 Å². The van der Waals surface area contributed by atoms with Gasteiger partial charge in [-0.15, -0.1) is 0 Å². The zero-order chi connectivity index (χ0) is 11.8. The Bertz CT molecular complexity index is 322. The molecule has 16 heavy (non-hydrogen) atoms. The van der Waals surface area contributed by atoms with Crippen LogP contribution in [0.4, 0.5) is 0 Å². The molecule has 1 aliphatic heterocycles. The molecular weight excluding hydrogens is 196 g/mol. The zero-order valence-electron chi connectivity index (χ0n) is 11.0. The Balaban J connectivity index is 2.12. The third kappa shape index (κ3) is 2.76. The third-order valence-corrected chi connectivity index (χ3v) is 3.88. The largest absolute Gasteiger partial charge is 0.369 e. The Morgan fingerprint density at radius 2 is 1.94 bits per heavy atom. The van der Waals surface area contributed by atoms with Gasteiger partial charge in [-0.2, -0.15) is 0 Å². The molecule has 0 bridgehead atoms. The minimum Gasteiger partial charge on any atom is -0.369 e. The molecule has 1 aliphatic carbocycles. The Morgan fingerprint density at radius 3 is 2.69 bits per heavy atom. The van der Waals surface area contributed by atoms with Crippen molar-refractivity contribution in [3.63, 3.8) is 0 Å². The molecule has 0 amide bonds. The molecule has 1 fully saturated rings. The highest BCUT2D eigenvalue weighted by Gasteiger charge is 2.48. The van der Waals surface area contributed by atoms with E-state index in [4.69, 9.17) is 4.74 Å². The molecule has 0 aromatic carbocycles. The van der Waals surface area contributed by atoms with Gasteiger partial charge in [0, 0.05) is 0 Å². The Morgan fingerprint density at radius 1 is 1.19 bits per heavy atom. The van der Waals surface area contributed by atoms with Gasteiger partial charge in [0.1, 0.15) is 0 Å². The van der Waals surface area contributed by atoms with Gasteiger partial charge in [0.2, 0.25) is 0 Å². The van der Waals surface area contributed by atoms with Gasteiger partial charge in [0.05, 0.1) is 12.2 Å². The van der Waals surface area contributed by atoms with Crippen LogP contribution < -0.4 is 0 Å². The van der Waals surface area contributed by atoms with Gasteiger partial charge in [-0.3, -0.25) is 0 Å². The normalized spacial score (nSPS) is 40.8. The van der Waals surface area contributed by atoms with Crippen LogP contribution >= 0.6 is 0 Å². The molecule has 0 saturated carbocycles. The lowest BCUT2D eigenvalue weighted by Gasteiger charge is -2.20. The molecule has 1 heterocycles. The number of hydrogen-bond acceptors (Lipinski definition) is 1. The molecule has 90 valence electrons. The summed E-state index contributed by atoms with van der Waals surface area (Å²) in [5.74, 6) is 0. The number of epoxide rings is 1. The van der Waals surface area contributed by atoms with E-state index in [1.54, 1.807) is 0 Å². The third-order valence-electron chi connectivity index (χ3n) is 3.88. The fourth-order valence-corrected chi connectivity index (χ4v) is 2.59. The summed E-state index contributed by atoms with van der Waals surface area (Å²) < 4.78 is 5.84. The van der Waals surface area contributed by atoms with Gasteiger partial charge in [0.25, 0.3) is 0 Å². The molecule has 0 radical (unpaired) electrons. The van der Waals surface area contributed by atoms with Gasteiger partial charge >= 0.3 is 0 Å². The van der Waals surface area contributed by atoms with Gasteiger partial charge in [-0.1, -0.05) is 37.1 Å². The van der Waals surface area contributed by atoms with Crippen molar-refractivity contribution in [2.75, 3.05) is 0 Å². The van der Waals surface area contributed by atoms with Crippen LogP contribution in [0.2, 0.25) is 0 Å². The number of rotatable bonds is 0. The average molecular weight is 220 g/mol. The number of hydrogen-bond donors (Lipinski definition) is 0. The van der Waals surface area contributed by atoms with E-state index < -0.39 is 0 Å². The van der Waals surface area contributed by atoms with Crippen LogP contribution in [0.3, 0.4) is 0 Å². The van der Waals surface area contributed by atoms with Crippen LogP contribution in [-0.2, 0) is 4.74 Å². The van der Waals surface area contributed by atoms with Crippen molar-refractivity contribution in [1.82, 2.24) is 0 Å². The van der Waals surface area contributed by atoms with E-state index in [1.807, 2.05) is 0 Å². The molecule has 2 aliphatic rings. The second-order valence-corrected chi connectivity index (χ2v) is 6.13. The summed E-state index contributed by atoms with van der Waals surface area (Å²) in [4.78, 5) is 0. The summed E-state index contributed by atoms with van der Waals surface area (Å²) in [6, 6.07) is 0. The highest BCUT2D eigenvalue weighted by molar-refractivity contribution is 5.12. The van der Waals surface area contributed by atoms with E-state index in [-0.39, 0.29) is 0 Å². The lowest BCUT2D eigenvalue weighted by molar-refractivity contribution is 0.241. The second kappa shape index (κ2) is 4.37. The van der Waals surface area contributed by atoms with Crippen LogP contribution in [0.15, 0.2) is 23.3 Å². The van der Waals surface area contributed by atoms with Crippen LogP contribution in [0.5, 0.6) is 0 Å². The molecule has 0 spiro atoms. The average Bonchev–Trinajstić information content (AvgIpc) is 2.94. The minimum atomic E-state index is 0.302. The summed E-state index contributed by atoms with van der Waals surface area (Å²) >= 11 is 0. The molecule has 1 saturated heterocycles. The topological polar surface area (TPSA) is 12.5 Å². The maximum atomic E-state index is 5.84. The summed E-state index contributed by atoms with van der Waals surface area (Å²) in [6.45, 7) is 9.15. The monoisotopic (exact) mass is 220 g/mol. The first kappa shape index (κ1) is 11.9. The fraction of sp³-hybridized carbons (Fsp3) is 0.733. The van der Waals surface area contributed by atoms with E-state index >= 15 is 0 Å².